The van der Waals surface area contributed by atoms with Crippen LogP contribution in [0, 0.1) is 12.7 Å². The first-order chi connectivity index (χ1) is 9.52. The topological polar surface area (TPSA) is 70.9 Å². The number of benzene rings is 1. The maximum atomic E-state index is 13.1. The first kappa shape index (κ1) is 12.4. The number of fused-ring (bicyclic) bond motifs is 1. The molecule has 0 atom stereocenters. The van der Waals surface area contributed by atoms with Gasteiger partial charge in [-0.25, -0.2) is 9.37 Å². The molecule has 20 heavy (non-hydrogen) atoms. The van der Waals surface area contributed by atoms with E-state index in [4.69, 9.17) is 0 Å². The molecule has 0 saturated carbocycles. The van der Waals surface area contributed by atoms with Crippen molar-refractivity contribution in [1.82, 2.24) is 14.5 Å². The lowest BCUT2D eigenvalue weighted by Crippen LogP contribution is -2.22. The summed E-state index contributed by atoms with van der Waals surface area (Å²) in [5.74, 6) is 0.155. The van der Waals surface area contributed by atoms with Crippen LogP contribution in [0.25, 0.3) is 11.0 Å². The lowest BCUT2D eigenvalue weighted by molar-refractivity contribution is 0.470. The van der Waals surface area contributed by atoms with E-state index in [2.05, 4.69) is 9.97 Å². The van der Waals surface area contributed by atoms with Crippen molar-refractivity contribution in [2.75, 3.05) is 0 Å². The first-order valence-electron chi connectivity index (χ1n) is 6.07. The molecule has 0 saturated heterocycles. The van der Waals surface area contributed by atoms with E-state index >= 15 is 0 Å². The fourth-order valence-corrected chi connectivity index (χ4v) is 2.17. The Kier molecular flexibility index (Phi) is 2.78. The predicted octanol–water partition coefficient (Wildman–Crippen LogP) is 1.93. The monoisotopic (exact) mass is 273 g/mol. The molecule has 6 heteroatoms. The minimum atomic E-state index is -0.342. The number of hydrogen-bond acceptors (Lipinski definition) is 3. The first-order valence-corrected chi connectivity index (χ1v) is 6.07. The Morgan fingerprint density at radius 2 is 2.15 bits per heavy atom. The smallest absolute Gasteiger partial charge is 0.254 e. The maximum absolute atomic E-state index is 13.1. The van der Waals surface area contributed by atoms with Crippen LogP contribution >= 0.6 is 0 Å². The average Bonchev–Trinajstić information content (AvgIpc) is 2.75. The number of H-pyrrole nitrogens is 1. The normalized spacial score (nSPS) is 11.1. The van der Waals surface area contributed by atoms with Crippen molar-refractivity contribution in [3.63, 3.8) is 0 Å². The van der Waals surface area contributed by atoms with Crippen LogP contribution in [0.1, 0.15) is 11.5 Å². The molecule has 0 aliphatic rings. The molecule has 1 aromatic carbocycles. The second kappa shape index (κ2) is 4.48. The maximum Gasteiger partial charge on any atom is 0.254 e. The summed E-state index contributed by atoms with van der Waals surface area (Å²) >= 11 is 0. The predicted molar refractivity (Wildman–Crippen MR) is 72.3 cm³/mol. The standard InChI is InChI=1S/C14H12FN3O2/c1-8-4-10(19)6-14(20)18(8)7-13-16-11-3-2-9(15)5-12(11)17-13/h2-6,19H,7H2,1H3,(H,16,17). The lowest BCUT2D eigenvalue weighted by Gasteiger charge is -2.07. The fourth-order valence-electron chi connectivity index (χ4n) is 2.17. The van der Waals surface area contributed by atoms with E-state index < -0.39 is 0 Å². The number of nitrogens with zero attached hydrogens (tertiary/aromatic N) is 2. The van der Waals surface area contributed by atoms with Gasteiger partial charge in [-0.05, 0) is 31.2 Å². The molecule has 2 heterocycles. The zero-order chi connectivity index (χ0) is 14.3. The van der Waals surface area contributed by atoms with Crippen molar-refractivity contribution < 1.29 is 9.50 Å². The Morgan fingerprint density at radius 3 is 2.90 bits per heavy atom. The minimum Gasteiger partial charge on any atom is -0.508 e. The van der Waals surface area contributed by atoms with E-state index in [9.17, 15) is 14.3 Å². The van der Waals surface area contributed by atoms with Gasteiger partial charge in [0.25, 0.3) is 5.56 Å². The van der Waals surface area contributed by atoms with Crippen LogP contribution in [-0.2, 0) is 6.54 Å². The number of aromatic amines is 1. The Morgan fingerprint density at radius 1 is 1.35 bits per heavy atom. The van der Waals surface area contributed by atoms with Crippen molar-refractivity contribution in [2.45, 2.75) is 13.5 Å². The molecule has 0 unspecified atom stereocenters. The van der Waals surface area contributed by atoms with Gasteiger partial charge in [-0.2, -0.15) is 0 Å². The quantitative estimate of drug-likeness (QED) is 0.749. The number of aromatic hydroxyl groups is 1. The van der Waals surface area contributed by atoms with Gasteiger partial charge < -0.3 is 14.7 Å². The molecule has 0 fully saturated rings. The summed E-state index contributed by atoms with van der Waals surface area (Å²) < 4.78 is 14.6. The molecule has 5 nitrogen and oxygen atoms in total. The van der Waals surface area contributed by atoms with Gasteiger partial charge in [-0.1, -0.05) is 0 Å². The molecular formula is C14H12FN3O2. The van der Waals surface area contributed by atoms with Gasteiger partial charge in [0.1, 0.15) is 17.4 Å². The summed E-state index contributed by atoms with van der Waals surface area (Å²) in [7, 11) is 0. The molecule has 0 bridgehead atoms. The Balaban J connectivity index is 2.03. The number of pyridine rings is 1. The highest BCUT2D eigenvalue weighted by atomic mass is 19.1. The highest BCUT2D eigenvalue weighted by molar-refractivity contribution is 5.74. The fraction of sp³-hybridized carbons (Fsp3) is 0.143. The summed E-state index contributed by atoms with van der Waals surface area (Å²) in [6.45, 7) is 1.96. The van der Waals surface area contributed by atoms with Gasteiger partial charge in [0.2, 0.25) is 0 Å². The largest absolute Gasteiger partial charge is 0.508 e. The summed E-state index contributed by atoms with van der Waals surface area (Å²) in [5.41, 5.74) is 1.55. The molecule has 0 amide bonds. The van der Waals surface area contributed by atoms with Gasteiger partial charge in [0.15, 0.2) is 0 Å². The molecule has 0 radical (unpaired) electrons. The SMILES string of the molecule is Cc1cc(O)cc(=O)n1Cc1nc2ccc(F)cc2[nH]1. The molecule has 0 aliphatic heterocycles. The van der Waals surface area contributed by atoms with Crippen molar-refractivity contribution in [3.8, 4) is 5.75 Å². The number of aryl methyl sites for hydroxylation is 1. The van der Waals surface area contributed by atoms with E-state index in [1.165, 1.54) is 22.8 Å². The van der Waals surface area contributed by atoms with Crippen molar-refractivity contribution in [2.24, 2.45) is 0 Å². The number of aromatic nitrogens is 3. The second-order valence-electron chi connectivity index (χ2n) is 4.62. The van der Waals surface area contributed by atoms with E-state index in [0.717, 1.165) is 6.07 Å². The molecule has 3 rings (SSSR count). The van der Waals surface area contributed by atoms with Gasteiger partial charge >= 0.3 is 0 Å². The number of nitrogens with one attached hydrogen (secondary N) is 1. The third kappa shape index (κ3) is 2.16. The molecule has 0 aliphatic carbocycles. The lowest BCUT2D eigenvalue weighted by atomic mass is 10.3. The van der Waals surface area contributed by atoms with Crippen LogP contribution in [0.15, 0.2) is 35.1 Å². The Hall–Kier alpha value is -2.63. The van der Waals surface area contributed by atoms with Crippen molar-refractivity contribution in [3.05, 3.63) is 58.0 Å². The van der Waals surface area contributed by atoms with E-state index in [0.29, 0.717) is 22.6 Å². The van der Waals surface area contributed by atoms with Crippen LogP contribution in [0.4, 0.5) is 4.39 Å². The number of halogens is 1. The minimum absolute atomic E-state index is 0.0598. The molecule has 3 aromatic rings. The second-order valence-corrected chi connectivity index (χ2v) is 4.62. The van der Waals surface area contributed by atoms with Gasteiger partial charge in [0, 0.05) is 11.8 Å². The third-order valence-corrected chi connectivity index (χ3v) is 3.12. The summed E-state index contributed by atoms with van der Waals surface area (Å²) in [6.07, 6.45) is 0. The van der Waals surface area contributed by atoms with Crippen LogP contribution < -0.4 is 5.56 Å². The van der Waals surface area contributed by atoms with Crippen molar-refractivity contribution >= 4 is 11.0 Å². The molecule has 0 spiro atoms. The highest BCUT2D eigenvalue weighted by Gasteiger charge is 2.08. The zero-order valence-electron chi connectivity index (χ0n) is 10.7. The van der Waals surface area contributed by atoms with E-state index in [1.807, 2.05) is 0 Å². The summed E-state index contributed by atoms with van der Waals surface area (Å²) in [5, 5.41) is 9.35. The van der Waals surface area contributed by atoms with Gasteiger partial charge in [-0.3, -0.25) is 4.79 Å². The third-order valence-electron chi connectivity index (χ3n) is 3.12. The zero-order valence-corrected chi connectivity index (χ0v) is 10.7. The molecule has 2 N–H and O–H groups in total. The van der Waals surface area contributed by atoms with Crippen LogP contribution in [-0.4, -0.2) is 19.6 Å². The number of imidazole rings is 1. The van der Waals surface area contributed by atoms with E-state index in [-0.39, 0.29) is 23.7 Å². The summed E-state index contributed by atoms with van der Waals surface area (Å²) in [4.78, 5) is 19.1. The van der Waals surface area contributed by atoms with E-state index in [1.54, 1.807) is 13.0 Å². The summed E-state index contributed by atoms with van der Waals surface area (Å²) in [6, 6.07) is 6.93. The van der Waals surface area contributed by atoms with Gasteiger partial charge in [0.05, 0.1) is 17.6 Å². The molecular weight excluding hydrogens is 261 g/mol. The molecule has 2 aromatic heterocycles. The highest BCUT2D eigenvalue weighted by Crippen LogP contribution is 2.14. The molecule has 102 valence electrons. The van der Waals surface area contributed by atoms with Crippen LogP contribution in [0.2, 0.25) is 0 Å². The number of rotatable bonds is 2. The Bertz CT molecular complexity index is 851. The van der Waals surface area contributed by atoms with Crippen LogP contribution in [0.5, 0.6) is 5.75 Å². The van der Waals surface area contributed by atoms with Gasteiger partial charge in [-0.15, -0.1) is 0 Å². The average molecular weight is 273 g/mol. The van der Waals surface area contributed by atoms with Crippen molar-refractivity contribution in [1.29, 1.82) is 0 Å². The number of hydrogen-bond donors (Lipinski definition) is 2. The van der Waals surface area contributed by atoms with Crippen LogP contribution in [0.3, 0.4) is 0 Å². The Labute approximate surface area is 113 Å².